The molecule has 1 heterocycles. The second-order valence-corrected chi connectivity index (χ2v) is 3.96. The van der Waals surface area contributed by atoms with E-state index in [4.69, 9.17) is 10.5 Å². The van der Waals surface area contributed by atoms with Crippen molar-refractivity contribution in [2.24, 2.45) is 0 Å². The van der Waals surface area contributed by atoms with Crippen molar-refractivity contribution >= 4 is 5.82 Å². The average Bonchev–Trinajstić information content (AvgIpc) is 2.22. The van der Waals surface area contributed by atoms with E-state index < -0.39 is 12.0 Å². The maximum absolute atomic E-state index is 12.4. The molecule has 0 saturated carbocycles. The predicted molar refractivity (Wildman–Crippen MR) is 60.1 cm³/mol. The molecular weight excluding hydrogens is 249 g/mol. The lowest BCUT2D eigenvalue weighted by atomic mass is 10.4. The second kappa shape index (κ2) is 5.85. The summed E-state index contributed by atoms with van der Waals surface area (Å²) in [7, 11) is 3.79. The number of hydrogen-bond acceptors (Lipinski definition) is 5. The Morgan fingerprint density at radius 3 is 2.56 bits per heavy atom. The topological polar surface area (TPSA) is 64.3 Å². The first kappa shape index (κ1) is 14.5. The van der Waals surface area contributed by atoms with Gasteiger partial charge in [0.05, 0.1) is 6.61 Å². The van der Waals surface area contributed by atoms with E-state index in [0.29, 0.717) is 6.42 Å². The Bertz CT molecular complexity index is 395. The summed E-state index contributed by atoms with van der Waals surface area (Å²) in [5, 5.41) is 0. The van der Waals surface area contributed by atoms with Crippen LogP contribution in [0.5, 0.6) is 5.88 Å². The number of ether oxygens (including phenoxy) is 1. The van der Waals surface area contributed by atoms with Crippen molar-refractivity contribution in [1.82, 2.24) is 14.9 Å². The van der Waals surface area contributed by atoms with Crippen LogP contribution in [0, 0.1) is 0 Å². The molecule has 1 aromatic heterocycles. The number of hydrogen-bond donors (Lipinski definition) is 1. The van der Waals surface area contributed by atoms with Gasteiger partial charge in [0.1, 0.15) is 5.82 Å². The lowest BCUT2D eigenvalue weighted by molar-refractivity contribution is -0.145. The van der Waals surface area contributed by atoms with Crippen molar-refractivity contribution in [3.63, 3.8) is 0 Å². The van der Waals surface area contributed by atoms with Gasteiger partial charge in [0.15, 0.2) is 0 Å². The van der Waals surface area contributed by atoms with Gasteiger partial charge in [-0.1, -0.05) is 0 Å². The molecule has 8 heteroatoms. The lowest BCUT2D eigenvalue weighted by Crippen LogP contribution is -2.17. The van der Waals surface area contributed by atoms with Gasteiger partial charge in [0, 0.05) is 12.6 Å². The van der Waals surface area contributed by atoms with Crippen LogP contribution in [0.25, 0.3) is 0 Å². The van der Waals surface area contributed by atoms with Gasteiger partial charge in [-0.25, -0.2) is 4.98 Å². The first-order chi connectivity index (χ1) is 8.29. The van der Waals surface area contributed by atoms with Crippen LogP contribution in [0.15, 0.2) is 6.07 Å². The Balaban J connectivity index is 2.63. The Hall–Kier alpha value is -1.57. The molecule has 0 saturated heterocycles. The fourth-order valence-corrected chi connectivity index (χ4v) is 1.20. The Morgan fingerprint density at radius 2 is 2.00 bits per heavy atom. The summed E-state index contributed by atoms with van der Waals surface area (Å²) in [6.07, 6.45) is -3.95. The van der Waals surface area contributed by atoms with Crippen LogP contribution in [-0.2, 0) is 6.18 Å². The van der Waals surface area contributed by atoms with E-state index in [1.807, 2.05) is 19.0 Å². The molecule has 0 radical (unpaired) electrons. The van der Waals surface area contributed by atoms with E-state index in [1.54, 1.807) is 0 Å². The van der Waals surface area contributed by atoms with Crippen molar-refractivity contribution in [1.29, 1.82) is 0 Å². The highest BCUT2D eigenvalue weighted by Gasteiger charge is 2.35. The summed E-state index contributed by atoms with van der Waals surface area (Å²) in [5.74, 6) is -1.71. The number of alkyl halides is 3. The highest BCUT2D eigenvalue weighted by molar-refractivity contribution is 5.33. The Morgan fingerprint density at radius 1 is 1.33 bits per heavy atom. The molecule has 5 nitrogen and oxygen atoms in total. The molecule has 0 atom stereocenters. The molecule has 1 rings (SSSR count). The lowest BCUT2D eigenvalue weighted by Gasteiger charge is -2.11. The van der Waals surface area contributed by atoms with E-state index in [0.717, 1.165) is 6.54 Å². The maximum Gasteiger partial charge on any atom is 0.451 e. The van der Waals surface area contributed by atoms with E-state index in [2.05, 4.69) is 9.97 Å². The Kier molecular flexibility index (Phi) is 4.71. The fourth-order valence-electron chi connectivity index (χ4n) is 1.20. The summed E-state index contributed by atoms with van der Waals surface area (Å²) in [4.78, 5) is 8.33. The van der Waals surface area contributed by atoms with Crippen molar-refractivity contribution in [3.05, 3.63) is 11.9 Å². The molecular formula is C10H15F3N4O. The molecule has 0 unspecified atom stereocenters. The minimum Gasteiger partial charge on any atom is -0.477 e. The largest absolute Gasteiger partial charge is 0.477 e. The summed E-state index contributed by atoms with van der Waals surface area (Å²) in [6, 6.07) is 1.17. The highest BCUT2D eigenvalue weighted by atomic mass is 19.4. The normalized spacial score (nSPS) is 11.9. The number of rotatable bonds is 5. The van der Waals surface area contributed by atoms with Crippen LogP contribution in [0.4, 0.5) is 19.0 Å². The SMILES string of the molecule is CN(C)CCCOc1cc(N)nc(C(F)(F)F)n1. The first-order valence-corrected chi connectivity index (χ1v) is 5.28. The molecule has 0 fully saturated rings. The predicted octanol–water partition coefficient (Wildman–Crippen LogP) is 1.41. The fraction of sp³-hybridized carbons (Fsp3) is 0.600. The van der Waals surface area contributed by atoms with Crippen LogP contribution < -0.4 is 10.5 Å². The van der Waals surface area contributed by atoms with E-state index in [9.17, 15) is 13.2 Å². The van der Waals surface area contributed by atoms with Crippen molar-refractivity contribution in [2.75, 3.05) is 33.0 Å². The van der Waals surface area contributed by atoms with Crippen molar-refractivity contribution < 1.29 is 17.9 Å². The summed E-state index contributed by atoms with van der Waals surface area (Å²) >= 11 is 0. The number of nitrogens with zero attached hydrogens (tertiary/aromatic N) is 3. The van der Waals surface area contributed by atoms with Crippen molar-refractivity contribution in [3.8, 4) is 5.88 Å². The van der Waals surface area contributed by atoms with Gasteiger partial charge in [-0.15, -0.1) is 0 Å². The molecule has 0 aliphatic heterocycles. The third-order valence-electron chi connectivity index (χ3n) is 1.98. The molecule has 0 aliphatic rings. The van der Waals surface area contributed by atoms with Gasteiger partial charge in [-0.2, -0.15) is 18.2 Å². The van der Waals surface area contributed by atoms with E-state index >= 15 is 0 Å². The molecule has 0 spiro atoms. The zero-order valence-corrected chi connectivity index (χ0v) is 10.2. The molecule has 0 aliphatic carbocycles. The number of aromatic nitrogens is 2. The van der Waals surface area contributed by atoms with Gasteiger partial charge in [-0.05, 0) is 20.5 Å². The highest BCUT2D eigenvalue weighted by Crippen LogP contribution is 2.28. The number of nitrogen functional groups attached to an aromatic ring is 1. The summed E-state index contributed by atoms with van der Waals surface area (Å²) < 4.78 is 42.3. The quantitative estimate of drug-likeness (QED) is 0.814. The smallest absolute Gasteiger partial charge is 0.451 e. The molecule has 0 bridgehead atoms. The van der Waals surface area contributed by atoms with Gasteiger partial charge in [0.25, 0.3) is 0 Å². The summed E-state index contributed by atoms with van der Waals surface area (Å²) in [5.41, 5.74) is 5.27. The van der Waals surface area contributed by atoms with Crippen molar-refractivity contribution in [2.45, 2.75) is 12.6 Å². The zero-order chi connectivity index (χ0) is 13.8. The molecule has 18 heavy (non-hydrogen) atoms. The van der Waals surface area contributed by atoms with Crippen LogP contribution in [0.3, 0.4) is 0 Å². The van der Waals surface area contributed by atoms with E-state index in [1.165, 1.54) is 6.07 Å². The van der Waals surface area contributed by atoms with Gasteiger partial charge < -0.3 is 15.4 Å². The Labute approximate surface area is 103 Å². The first-order valence-electron chi connectivity index (χ1n) is 5.28. The molecule has 2 N–H and O–H groups in total. The standard InChI is InChI=1S/C10H15F3N4O/c1-17(2)4-3-5-18-8-6-7(14)15-9(16-8)10(11,12)13/h6H,3-5H2,1-2H3,(H2,14,15,16). The van der Waals surface area contributed by atoms with Crippen LogP contribution in [0.1, 0.15) is 12.2 Å². The third kappa shape index (κ3) is 4.74. The van der Waals surface area contributed by atoms with Crippen LogP contribution in [0.2, 0.25) is 0 Å². The molecule has 0 aromatic carbocycles. The van der Waals surface area contributed by atoms with Gasteiger partial charge in [-0.3, -0.25) is 0 Å². The molecule has 102 valence electrons. The van der Waals surface area contributed by atoms with Gasteiger partial charge >= 0.3 is 6.18 Å². The maximum atomic E-state index is 12.4. The zero-order valence-electron chi connectivity index (χ0n) is 10.2. The number of anilines is 1. The minimum absolute atomic E-state index is 0.159. The monoisotopic (exact) mass is 264 g/mol. The minimum atomic E-state index is -4.63. The number of nitrogens with two attached hydrogens (primary N) is 1. The summed E-state index contributed by atoms with van der Waals surface area (Å²) in [6.45, 7) is 1.04. The average molecular weight is 264 g/mol. The van der Waals surface area contributed by atoms with Gasteiger partial charge in [0.2, 0.25) is 11.7 Å². The second-order valence-electron chi connectivity index (χ2n) is 3.96. The van der Waals surface area contributed by atoms with E-state index in [-0.39, 0.29) is 18.3 Å². The molecule has 1 aromatic rings. The van der Waals surface area contributed by atoms with Crippen LogP contribution in [-0.4, -0.2) is 42.1 Å². The van der Waals surface area contributed by atoms with Crippen LogP contribution >= 0.6 is 0 Å². The number of halogens is 3. The third-order valence-corrected chi connectivity index (χ3v) is 1.98. The molecule has 0 amide bonds.